The first kappa shape index (κ1) is 58.4. The van der Waals surface area contributed by atoms with E-state index in [0.717, 1.165) is 80.4 Å². The van der Waals surface area contributed by atoms with Crippen molar-refractivity contribution in [2.24, 2.45) is 5.41 Å². The average Bonchev–Trinajstić information content (AvgIpc) is 3.81. The Kier molecular flexibility index (Phi) is 24.9. The number of imidazole rings is 1. The van der Waals surface area contributed by atoms with Gasteiger partial charge in [0.1, 0.15) is 36.3 Å². The van der Waals surface area contributed by atoms with Gasteiger partial charge in [0, 0.05) is 37.1 Å². The number of phosphoric ester groups is 3. The Morgan fingerprint density at radius 2 is 1.57 bits per heavy atom. The molecule has 3 heterocycles. The highest BCUT2D eigenvalue weighted by Crippen LogP contribution is 2.61. The number of hydrogen-bond acceptors (Lipinski definition) is 18. The molecule has 67 heavy (non-hydrogen) atoms. The molecule has 1 fully saturated rings. The van der Waals surface area contributed by atoms with Crippen LogP contribution in [0.2, 0.25) is 0 Å². The Hall–Kier alpha value is -2.96. The minimum atomic E-state index is -5.58. The van der Waals surface area contributed by atoms with Crippen LogP contribution in [0.15, 0.2) is 37.0 Å². The van der Waals surface area contributed by atoms with E-state index in [2.05, 4.69) is 65.6 Å². The number of nitrogens with two attached hydrogens (primary N) is 1. The van der Waals surface area contributed by atoms with Crippen molar-refractivity contribution in [2.75, 3.05) is 37.8 Å². The molecule has 10 N–H and O–H groups in total. The summed E-state index contributed by atoms with van der Waals surface area (Å²) in [5, 5.41) is 26.6. The summed E-state index contributed by atoms with van der Waals surface area (Å²) in [6, 6.07) is 0. The van der Waals surface area contributed by atoms with Gasteiger partial charge in [-0.25, -0.2) is 28.6 Å². The summed E-state index contributed by atoms with van der Waals surface area (Å²) in [4.78, 5) is 88.3. The van der Waals surface area contributed by atoms with Crippen LogP contribution >= 0.6 is 35.2 Å². The molecule has 3 unspecified atom stereocenters. The van der Waals surface area contributed by atoms with E-state index in [1.807, 2.05) is 0 Å². The summed E-state index contributed by atoms with van der Waals surface area (Å²) in [7, 11) is -16.4. The summed E-state index contributed by atoms with van der Waals surface area (Å²) in [5.41, 5.74) is 4.28. The predicted octanol–water partition coefficient (Wildman–Crippen LogP) is 4.48. The lowest BCUT2D eigenvalue weighted by Crippen LogP contribution is -2.46. The summed E-state index contributed by atoms with van der Waals surface area (Å²) in [6.07, 6.45) is 14.6. The second-order valence-electron chi connectivity index (χ2n) is 16.3. The third-order valence-corrected chi connectivity index (χ3v) is 14.1. The van der Waals surface area contributed by atoms with Crippen molar-refractivity contribution in [3.8, 4) is 0 Å². The fourth-order valence-corrected chi connectivity index (χ4v) is 10.00. The number of unbranched alkanes of at least 4 members (excludes halogenated alkanes) is 8. The number of fused-ring (bicyclic) bond motifs is 1. The molecule has 0 saturated carbocycles. The van der Waals surface area contributed by atoms with Crippen molar-refractivity contribution in [3.05, 3.63) is 37.0 Å². The fraction of sp³-hybridized carbons (Fsp3) is 0.692. The van der Waals surface area contributed by atoms with E-state index >= 15 is 0 Å². The summed E-state index contributed by atoms with van der Waals surface area (Å²) >= 11 is 1.14. The van der Waals surface area contributed by atoms with Gasteiger partial charge in [-0.05, 0) is 38.5 Å². The maximum Gasteiger partial charge on any atom is 0.481 e. The van der Waals surface area contributed by atoms with Gasteiger partial charge in [-0.2, -0.15) is 4.31 Å². The minimum absolute atomic E-state index is 0.0323. The molecule has 2 amide bonds. The number of nitrogen functional groups attached to an aromatic ring is 1. The smallest absolute Gasteiger partial charge is 0.386 e. The molecule has 380 valence electrons. The van der Waals surface area contributed by atoms with Gasteiger partial charge in [0.25, 0.3) is 0 Å². The minimum Gasteiger partial charge on any atom is -0.386 e. The third kappa shape index (κ3) is 21.7. The number of ether oxygens (including phenoxy) is 1. The van der Waals surface area contributed by atoms with Gasteiger partial charge in [0.15, 0.2) is 22.8 Å². The number of allylic oxidation sites excluding steroid dienone is 4. The van der Waals surface area contributed by atoms with E-state index in [1.54, 1.807) is 0 Å². The van der Waals surface area contributed by atoms with Gasteiger partial charge in [-0.3, -0.25) is 32.5 Å². The molecule has 0 aromatic carbocycles. The Balaban J connectivity index is 1.31. The number of aromatic nitrogens is 4. The van der Waals surface area contributed by atoms with Crippen molar-refractivity contribution in [1.29, 1.82) is 0 Å². The first-order valence-corrected chi connectivity index (χ1v) is 27.4. The van der Waals surface area contributed by atoms with E-state index in [0.29, 0.717) is 12.2 Å². The maximum absolute atomic E-state index is 12.7. The summed E-state index contributed by atoms with van der Waals surface area (Å²) < 4.78 is 62.4. The molecule has 3 rings (SSSR count). The van der Waals surface area contributed by atoms with Crippen LogP contribution in [-0.4, -0.2) is 123 Å². The van der Waals surface area contributed by atoms with Gasteiger partial charge in [-0.15, -0.1) is 0 Å². The van der Waals surface area contributed by atoms with Gasteiger partial charge >= 0.3 is 23.5 Å². The summed E-state index contributed by atoms with van der Waals surface area (Å²) in [5.74, 6) is -1.04. The Labute approximate surface area is 393 Å². The van der Waals surface area contributed by atoms with E-state index < -0.39 is 84.6 Å². The zero-order valence-corrected chi connectivity index (χ0v) is 41.4. The normalized spacial score (nSPS) is 20.3. The number of thioether (sulfide) groups is 1. The first-order valence-electron chi connectivity index (χ1n) is 21.9. The van der Waals surface area contributed by atoms with Crippen molar-refractivity contribution in [1.82, 2.24) is 30.2 Å². The van der Waals surface area contributed by atoms with Crippen LogP contribution in [0.4, 0.5) is 5.82 Å². The van der Waals surface area contributed by atoms with Crippen LogP contribution in [0.5, 0.6) is 0 Å². The number of aliphatic hydroxyl groups excluding tert-OH is 2. The fourth-order valence-electron chi connectivity index (χ4n) is 6.45. The topological polar surface area (TPSA) is 364 Å². The van der Waals surface area contributed by atoms with E-state index in [9.17, 15) is 57.9 Å². The molecule has 1 aliphatic rings. The van der Waals surface area contributed by atoms with E-state index in [1.165, 1.54) is 33.1 Å². The number of hydrogen-bond donors (Lipinski definition) is 9. The molecule has 0 radical (unpaired) electrons. The van der Waals surface area contributed by atoms with Crippen molar-refractivity contribution >= 4 is 69.1 Å². The monoisotopic (exact) mass is 1030 g/mol. The zero-order chi connectivity index (χ0) is 49.7. The van der Waals surface area contributed by atoms with Crippen molar-refractivity contribution < 1.29 is 80.5 Å². The van der Waals surface area contributed by atoms with E-state index in [4.69, 9.17) is 19.5 Å². The highest BCUT2D eigenvalue weighted by Gasteiger charge is 2.50. The maximum atomic E-state index is 12.7. The lowest BCUT2D eigenvalue weighted by molar-refractivity contribution is -0.137. The molecular formula is C39H66N7O17P3S. The van der Waals surface area contributed by atoms with Gasteiger partial charge in [0.05, 0.1) is 19.5 Å². The molecule has 24 nitrogen and oxygen atoms in total. The number of amides is 2. The Bertz CT molecular complexity index is 2090. The average molecular weight is 1030 g/mol. The first-order chi connectivity index (χ1) is 31.6. The number of nitrogens with zero attached hydrogens (tertiary/aromatic N) is 4. The van der Waals surface area contributed by atoms with Crippen molar-refractivity contribution in [2.45, 2.75) is 135 Å². The zero-order valence-electron chi connectivity index (χ0n) is 37.9. The van der Waals surface area contributed by atoms with Crippen LogP contribution in [0.25, 0.3) is 11.2 Å². The van der Waals surface area contributed by atoms with Gasteiger partial charge < -0.3 is 50.9 Å². The quantitative estimate of drug-likeness (QED) is 0.0270. The highest BCUT2D eigenvalue weighted by molar-refractivity contribution is 8.13. The van der Waals surface area contributed by atoms with Crippen LogP contribution in [-0.2, 0) is 50.7 Å². The lowest BCUT2D eigenvalue weighted by atomic mass is 9.87. The number of phosphoric acid groups is 3. The third-order valence-electron chi connectivity index (χ3n) is 10.1. The number of anilines is 1. The largest absolute Gasteiger partial charge is 0.481 e. The molecule has 1 aliphatic heterocycles. The van der Waals surface area contributed by atoms with Crippen LogP contribution < -0.4 is 16.4 Å². The lowest BCUT2D eigenvalue weighted by Gasteiger charge is -2.30. The van der Waals surface area contributed by atoms with Gasteiger partial charge in [-0.1, -0.05) is 88.9 Å². The number of carbonyl (C=O) groups is 3. The van der Waals surface area contributed by atoms with Crippen molar-refractivity contribution in [3.63, 3.8) is 0 Å². The van der Waals surface area contributed by atoms with E-state index in [-0.39, 0.29) is 41.6 Å². The predicted molar refractivity (Wildman–Crippen MR) is 246 cm³/mol. The molecular weight excluding hydrogens is 963 g/mol. The number of nitrogens with one attached hydrogen (secondary N) is 2. The number of rotatable bonds is 33. The number of carbonyl (C=O) groups excluding carboxylic acids is 3. The van der Waals surface area contributed by atoms with Crippen LogP contribution in [0, 0.1) is 5.41 Å². The Morgan fingerprint density at radius 1 is 0.910 bits per heavy atom. The SMILES string of the molecule is CCCCC/C=C\C/C=C\CCCCCCCC(=O)SCCNC(=O)CCNC(=O)[C@H](O)C(C)(C)COP(=O)(O)OP(=O)(O)OC[C@H]1O[C@@H](n2cnc3c(N)ncnc32)[C@@H](O)C1OP(=O)(O)O. The standard InChI is InChI=1S/C39H66N7O17P3S/c1-4-5-6-7-8-9-10-11-12-13-14-15-16-17-18-19-30(48)67-23-22-41-29(47)20-21-42-37(51)34(50)39(2,3)25-60-66(57,58)63-65(55,56)59-24-28-33(62-64(52,53)54)32(49)38(61-28)46-27-45-31-35(40)43-26-44-36(31)46/h8-9,11-12,26-28,32-34,38,49-50H,4-7,10,13-25H2,1-3H3,(H,41,47)(H,42,51)(H,55,56)(H,57,58)(H2,40,43,44)(H2,52,53,54)/b9-8-,12-11-/t28-,32+,33?,34+,38-/m1/s1. The highest BCUT2D eigenvalue weighted by atomic mass is 32.2. The second kappa shape index (κ2) is 28.6. The number of aliphatic hydroxyl groups is 2. The molecule has 7 atom stereocenters. The molecule has 1 saturated heterocycles. The molecule has 0 aliphatic carbocycles. The molecule has 28 heteroatoms. The second-order valence-corrected chi connectivity index (χ2v) is 21.7. The molecule has 0 spiro atoms. The molecule has 0 bridgehead atoms. The van der Waals surface area contributed by atoms with Gasteiger partial charge in [0.2, 0.25) is 11.8 Å². The molecule has 2 aromatic rings. The molecule has 2 aromatic heterocycles. The Morgan fingerprint density at radius 3 is 2.25 bits per heavy atom. The van der Waals surface area contributed by atoms with Crippen LogP contribution in [0.3, 0.4) is 0 Å². The summed E-state index contributed by atoms with van der Waals surface area (Å²) in [6.45, 7) is 2.76. The van der Waals surface area contributed by atoms with Crippen LogP contribution in [0.1, 0.15) is 110 Å².